The molecule has 0 saturated carbocycles. The van der Waals surface area contributed by atoms with E-state index in [-0.39, 0.29) is 0 Å². The number of nitrogens with one attached hydrogen (secondary N) is 1. The van der Waals surface area contributed by atoms with E-state index in [1.54, 1.807) is 0 Å². The van der Waals surface area contributed by atoms with Crippen LogP contribution in [0.25, 0.3) is 0 Å². The zero-order chi connectivity index (χ0) is 13.4. The number of ether oxygens (including phenoxy) is 1. The normalized spacial score (nSPS) is 25.2. The number of hydrogen-bond acceptors (Lipinski definition) is 3. The highest BCUT2D eigenvalue weighted by atomic mass is 16.5. The first-order valence-electron chi connectivity index (χ1n) is 7.40. The Morgan fingerprint density at radius 3 is 3.10 bits per heavy atom. The number of rotatable bonds is 2. The highest BCUT2D eigenvalue weighted by Gasteiger charge is 2.27. The van der Waals surface area contributed by atoms with Crippen molar-refractivity contribution in [3.8, 4) is 5.75 Å². The smallest absolute Gasteiger partial charge is 0.124 e. The van der Waals surface area contributed by atoms with Gasteiger partial charge in [0, 0.05) is 24.2 Å². The van der Waals surface area contributed by atoms with Crippen molar-refractivity contribution in [1.82, 2.24) is 14.9 Å². The molecule has 4 heteroatoms. The quantitative estimate of drug-likeness (QED) is 0.911. The molecular formula is C16H19N3O. The maximum absolute atomic E-state index is 5.77. The number of hydrogen-bond donors (Lipinski definition) is 1. The monoisotopic (exact) mass is 269 g/mol. The number of benzene rings is 1. The molecule has 1 unspecified atom stereocenters. The second-order valence-electron chi connectivity index (χ2n) is 5.57. The molecule has 1 N–H and O–H groups in total. The number of para-hydroxylation sites is 1. The molecule has 1 aromatic heterocycles. The second kappa shape index (κ2) is 4.94. The minimum Gasteiger partial charge on any atom is -0.493 e. The average Bonchev–Trinajstić information content (AvgIpc) is 3.17. The number of imidazole rings is 1. The number of nitrogens with zero attached hydrogens (tertiary/aromatic N) is 2. The van der Waals surface area contributed by atoms with E-state index in [1.165, 1.54) is 24.1 Å². The van der Waals surface area contributed by atoms with Crippen molar-refractivity contribution >= 4 is 0 Å². The summed E-state index contributed by atoms with van der Waals surface area (Å²) in [7, 11) is 0. The molecule has 3 heterocycles. The molecule has 0 amide bonds. The van der Waals surface area contributed by atoms with Crippen molar-refractivity contribution in [2.75, 3.05) is 13.2 Å². The van der Waals surface area contributed by atoms with E-state index < -0.39 is 0 Å². The van der Waals surface area contributed by atoms with Crippen LogP contribution in [0.4, 0.5) is 0 Å². The lowest BCUT2D eigenvalue weighted by Gasteiger charge is -2.29. The van der Waals surface area contributed by atoms with E-state index >= 15 is 0 Å². The van der Waals surface area contributed by atoms with E-state index in [4.69, 9.17) is 4.74 Å². The summed E-state index contributed by atoms with van der Waals surface area (Å²) in [6, 6.07) is 9.16. The van der Waals surface area contributed by atoms with Crippen LogP contribution in [0.3, 0.4) is 0 Å². The van der Waals surface area contributed by atoms with Crippen LogP contribution >= 0.6 is 0 Å². The van der Waals surface area contributed by atoms with Crippen LogP contribution in [0.5, 0.6) is 5.75 Å². The molecule has 4 rings (SSSR count). The predicted octanol–water partition coefficient (Wildman–Crippen LogP) is 2.68. The van der Waals surface area contributed by atoms with Crippen molar-refractivity contribution in [3.05, 3.63) is 48.0 Å². The van der Waals surface area contributed by atoms with E-state index in [1.807, 2.05) is 18.6 Å². The molecule has 0 aliphatic carbocycles. The molecule has 0 spiro atoms. The SMILES string of the molecule is c1ccc2c(c1)OCCC2n1cncc1[C@@H]1CCCN1. The van der Waals surface area contributed by atoms with Gasteiger partial charge in [0.25, 0.3) is 0 Å². The summed E-state index contributed by atoms with van der Waals surface area (Å²) in [4.78, 5) is 4.40. The Bertz CT molecular complexity index is 601. The first-order chi connectivity index (χ1) is 9.93. The van der Waals surface area contributed by atoms with Gasteiger partial charge in [-0.05, 0) is 25.5 Å². The van der Waals surface area contributed by atoms with Gasteiger partial charge in [0.2, 0.25) is 0 Å². The van der Waals surface area contributed by atoms with Crippen LogP contribution in [-0.4, -0.2) is 22.7 Å². The molecule has 0 radical (unpaired) electrons. The number of fused-ring (bicyclic) bond motifs is 1. The maximum atomic E-state index is 5.77. The second-order valence-corrected chi connectivity index (χ2v) is 5.57. The lowest BCUT2D eigenvalue weighted by atomic mass is 9.99. The fourth-order valence-corrected chi connectivity index (χ4v) is 3.39. The maximum Gasteiger partial charge on any atom is 0.124 e. The van der Waals surface area contributed by atoms with Gasteiger partial charge in [0.15, 0.2) is 0 Å². The Labute approximate surface area is 118 Å². The molecule has 4 nitrogen and oxygen atoms in total. The van der Waals surface area contributed by atoms with Gasteiger partial charge in [-0.3, -0.25) is 0 Å². The Morgan fingerprint density at radius 2 is 2.20 bits per heavy atom. The summed E-state index contributed by atoms with van der Waals surface area (Å²) in [6.45, 7) is 1.89. The van der Waals surface area contributed by atoms with Crippen molar-refractivity contribution < 1.29 is 4.74 Å². The molecule has 2 aromatic rings. The summed E-state index contributed by atoms with van der Waals surface area (Å²) >= 11 is 0. The Morgan fingerprint density at radius 1 is 1.25 bits per heavy atom. The average molecular weight is 269 g/mol. The van der Waals surface area contributed by atoms with E-state index in [9.17, 15) is 0 Å². The van der Waals surface area contributed by atoms with Crippen molar-refractivity contribution in [2.45, 2.75) is 31.3 Å². The third-order valence-corrected chi connectivity index (χ3v) is 4.38. The molecule has 104 valence electrons. The van der Waals surface area contributed by atoms with Crippen LogP contribution in [0.1, 0.15) is 42.6 Å². The third kappa shape index (κ3) is 1.91. The van der Waals surface area contributed by atoms with Gasteiger partial charge in [-0.1, -0.05) is 18.2 Å². The molecule has 1 fully saturated rings. The van der Waals surface area contributed by atoms with Crippen LogP contribution < -0.4 is 10.1 Å². The lowest BCUT2D eigenvalue weighted by molar-refractivity contribution is 0.253. The molecule has 2 aliphatic heterocycles. The van der Waals surface area contributed by atoms with Crippen LogP contribution in [-0.2, 0) is 0 Å². The van der Waals surface area contributed by atoms with E-state index in [0.717, 1.165) is 25.3 Å². The Kier molecular flexibility index (Phi) is 2.96. The Balaban J connectivity index is 1.74. The summed E-state index contributed by atoms with van der Waals surface area (Å²) < 4.78 is 8.11. The predicted molar refractivity (Wildman–Crippen MR) is 76.9 cm³/mol. The third-order valence-electron chi connectivity index (χ3n) is 4.38. The van der Waals surface area contributed by atoms with E-state index in [2.05, 4.69) is 33.1 Å². The summed E-state index contributed by atoms with van der Waals surface area (Å²) in [6.07, 6.45) is 7.45. The van der Waals surface area contributed by atoms with Gasteiger partial charge < -0.3 is 14.6 Å². The minimum absolute atomic E-state index is 0.347. The summed E-state index contributed by atoms with van der Waals surface area (Å²) in [5.41, 5.74) is 2.58. The van der Waals surface area contributed by atoms with Crippen molar-refractivity contribution in [1.29, 1.82) is 0 Å². The van der Waals surface area contributed by atoms with Gasteiger partial charge in [-0.2, -0.15) is 0 Å². The van der Waals surface area contributed by atoms with Crippen molar-refractivity contribution in [2.24, 2.45) is 0 Å². The molecule has 0 bridgehead atoms. The molecule has 2 atom stereocenters. The minimum atomic E-state index is 0.347. The van der Waals surface area contributed by atoms with Crippen LogP contribution in [0, 0.1) is 0 Å². The molecule has 2 aliphatic rings. The number of aromatic nitrogens is 2. The van der Waals surface area contributed by atoms with Crippen LogP contribution in [0.15, 0.2) is 36.8 Å². The summed E-state index contributed by atoms with van der Waals surface area (Å²) in [5, 5.41) is 3.57. The molecule has 20 heavy (non-hydrogen) atoms. The zero-order valence-corrected chi connectivity index (χ0v) is 11.5. The topological polar surface area (TPSA) is 39.1 Å². The van der Waals surface area contributed by atoms with Gasteiger partial charge in [-0.25, -0.2) is 4.98 Å². The van der Waals surface area contributed by atoms with E-state index in [0.29, 0.717) is 12.1 Å². The standard InChI is InChI=1S/C16H19N3O/c1-2-6-16-12(4-1)14(7-9-20-16)19-11-17-10-15(19)13-5-3-8-18-13/h1-2,4,6,10-11,13-14,18H,3,5,7-9H2/t13-,14?/m0/s1. The van der Waals surface area contributed by atoms with Gasteiger partial charge in [-0.15, -0.1) is 0 Å². The summed E-state index contributed by atoms with van der Waals surface area (Å²) in [5.74, 6) is 1.02. The fourth-order valence-electron chi connectivity index (χ4n) is 3.39. The molecule has 1 aromatic carbocycles. The lowest BCUT2D eigenvalue weighted by Crippen LogP contribution is -2.24. The largest absolute Gasteiger partial charge is 0.493 e. The fraction of sp³-hybridized carbons (Fsp3) is 0.438. The first-order valence-corrected chi connectivity index (χ1v) is 7.40. The van der Waals surface area contributed by atoms with Crippen LogP contribution in [0.2, 0.25) is 0 Å². The highest BCUT2D eigenvalue weighted by molar-refractivity contribution is 5.38. The van der Waals surface area contributed by atoms with Gasteiger partial charge in [0.05, 0.1) is 24.7 Å². The van der Waals surface area contributed by atoms with Crippen molar-refractivity contribution in [3.63, 3.8) is 0 Å². The molecule has 1 saturated heterocycles. The van der Waals surface area contributed by atoms with Gasteiger partial charge >= 0.3 is 0 Å². The molecular weight excluding hydrogens is 250 g/mol. The Hall–Kier alpha value is -1.81. The first kappa shape index (κ1) is 12.0. The van der Waals surface area contributed by atoms with Gasteiger partial charge in [0.1, 0.15) is 5.75 Å². The zero-order valence-electron chi connectivity index (χ0n) is 11.5. The highest BCUT2D eigenvalue weighted by Crippen LogP contribution is 2.36.